The molecule has 0 aromatic heterocycles. The predicted molar refractivity (Wildman–Crippen MR) is 94.0 cm³/mol. The predicted octanol–water partition coefficient (Wildman–Crippen LogP) is 3.60. The van der Waals surface area contributed by atoms with Crippen LogP contribution in [0.2, 0.25) is 0 Å². The highest BCUT2D eigenvalue weighted by Crippen LogP contribution is 2.17. The van der Waals surface area contributed by atoms with Crippen molar-refractivity contribution in [3.63, 3.8) is 0 Å². The first kappa shape index (κ1) is 19.5. The summed E-state index contributed by atoms with van der Waals surface area (Å²) in [6.45, 7) is 0. The van der Waals surface area contributed by atoms with Gasteiger partial charge in [-0.05, 0) is 49.1 Å². The molecule has 0 aliphatic carbocycles. The molecule has 0 unspecified atom stereocenters. The molecular weight excluding hydrogens is 363 g/mol. The lowest BCUT2D eigenvalue weighted by atomic mass is 10.1. The number of nitrogens with zero attached hydrogens (tertiary/aromatic N) is 1. The summed E-state index contributed by atoms with van der Waals surface area (Å²) < 4.78 is 34.2. The van der Waals surface area contributed by atoms with E-state index in [0.717, 1.165) is 24.1 Å². The van der Waals surface area contributed by atoms with E-state index in [9.17, 15) is 27.2 Å². The lowest BCUT2D eigenvalue weighted by Gasteiger charge is -2.06. The quantitative estimate of drug-likeness (QED) is 0.326. The third-order valence-corrected chi connectivity index (χ3v) is 4.52. The summed E-state index contributed by atoms with van der Waals surface area (Å²) in [6.07, 6.45) is 2.34. The number of anilines is 1. The molecule has 0 bridgehead atoms. The summed E-state index contributed by atoms with van der Waals surface area (Å²) in [5.41, 5.74) is 1.39. The smallest absolute Gasteiger partial charge is 0.326 e. The first-order chi connectivity index (χ1) is 12.3. The number of unbranched alkanes of at least 4 members (excludes halogenated alkanes) is 1. The van der Waals surface area contributed by atoms with Crippen molar-refractivity contribution in [2.24, 2.45) is 0 Å². The van der Waals surface area contributed by atoms with E-state index in [1.54, 1.807) is 12.1 Å². The van der Waals surface area contributed by atoms with Gasteiger partial charge >= 0.3 is 10.2 Å². The zero-order valence-electron chi connectivity index (χ0n) is 13.7. The average Bonchev–Trinajstić information content (AvgIpc) is 2.59. The molecule has 0 aliphatic heterocycles. The fourth-order valence-electron chi connectivity index (χ4n) is 2.32. The van der Waals surface area contributed by atoms with E-state index in [0.29, 0.717) is 18.5 Å². The Hall–Kier alpha value is -2.81. The molecule has 0 spiro atoms. The highest BCUT2D eigenvalue weighted by atomic mass is 32.3. The summed E-state index contributed by atoms with van der Waals surface area (Å²) in [5.74, 6) is -0.232. The topological polar surface area (TPSA) is 106 Å². The van der Waals surface area contributed by atoms with Gasteiger partial charge in [0.25, 0.3) is 5.69 Å². The van der Waals surface area contributed by atoms with Gasteiger partial charge in [0.2, 0.25) is 5.91 Å². The number of nitrogens with one attached hydrogen (secondary N) is 1. The van der Waals surface area contributed by atoms with Crippen molar-refractivity contribution in [1.29, 1.82) is 0 Å². The van der Waals surface area contributed by atoms with Crippen molar-refractivity contribution in [2.45, 2.75) is 30.6 Å². The van der Waals surface area contributed by atoms with Crippen LogP contribution in [-0.4, -0.2) is 19.2 Å². The van der Waals surface area contributed by atoms with Crippen LogP contribution in [0.5, 0.6) is 0 Å². The maximum absolute atomic E-state index is 12.8. The Bertz CT molecular complexity index is 880. The van der Waals surface area contributed by atoms with Crippen molar-refractivity contribution in [1.82, 2.24) is 0 Å². The van der Waals surface area contributed by atoms with Crippen LogP contribution in [-0.2, 0) is 21.4 Å². The summed E-state index contributed by atoms with van der Waals surface area (Å²) in [6, 6.07) is 11.1. The van der Waals surface area contributed by atoms with Gasteiger partial charge in [-0.1, -0.05) is 12.1 Å². The van der Waals surface area contributed by atoms with Gasteiger partial charge in [0.1, 0.15) is 0 Å². The molecular formula is C17H17FN2O5S. The van der Waals surface area contributed by atoms with Crippen LogP contribution in [0.15, 0.2) is 53.4 Å². The number of hydrogen-bond acceptors (Lipinski definition) is 5. The molecule has 9 heteroatoms. The maximum atomic E-state index is 12.8. The Morgan fingerprint density at radius 1 is 1.04 bits per heavy atom. The number of amides is 1. The van der Waals surface area contributed by atoms with Crippen molar-refractivity contribution in [3.8, 4) is 0 Å². The van der Waals surface area contributed by atoms with Crippen LogP contribution in [0.1, 0.15) is 24.8 Å². The summed E-state index contributed by atoms with van der Waals surface area (Å²) in [5, 5.41) is 13.2. The van der Waals surface area contributed by atoms with Crippen LogP contribution >= 0.6 is 0 Å². The van der Waals surface area contributed by atoms with Gasteiger partial charge in [-0.3, -0.25) is 14.9 Å². The highest BCUT2D eigenvalue weighted by Gasteiger charge is 2.11. The minimum atomic E-state index is -4.75. The molecule has 7 nitrogen and oxygen atoms in total. The van der Waals surface area contributed by atoms with Crippen LogP contribution < -0.4 is 5.32 Å². The number of aryl methyl sites for hydroxylation is 1. The normalized spacial score (nSPS) is 11.1. The molecule has 26 heavy (non-hydrogen) atoms. The molecule has 1 N–H and O–H groups in total. The molecule has 0 atom stereocenters. The average molecular weight is 380 g/mol. The molecule has 0 saturated carbocycles. The zero-order chi connectivity index (χ0) is 19.2. The molecule has 0 aliphatic rings. The van der Waals surface area contributed by atoms with E-state index in [2.05, 4.69) is 5.32 Å². The monoisotopic (exact) mass is 380 g/mol. The van der Waals surface area contributed by atoms with Crippen LogP contribution in [0.4, 0.5) is 15.3 Å². The van der Waals surface area contributed by atoms with Crippen molar-refractivity contribution >= 4 is 27.5 Å². The number of rotatable bonds is 8. The van der Waals surface area contributed by atoms with Crippen molar-refractivity contribution in [2.75, 3.05) is 5.32 Å². The maximum Gasteiger partial charge on any atom is 0.332 e. The number of nitro benzene ring substituents is 1. The number of carbonyl (C=O) groups is 1. The fraction of sp³-hybridized carbons (Fsp3) is 0.235. The molecule has 0 fully saturated rings. The molecule has 138 valence electrons. The third kappa shape index (κ3) is 5.92. The second-order valence-corrected chi connectivity index (χ2v) is 6.99. The fourth-order valence-corrected chi connectivity index (χ4v) is 2.78. The number of hydrogen-bond donors (Lipinski definition) is 1. The molecule has 2 aromatic carbocycles. The third-order valence-electron chi connectivity index (χ3n) is 3.69. The minimum absolute atomic E-state index is 0.0414. The highest BCUT2D eigenvalue weighted by molar-refractivity contribution is 7.86. The van der Waals surface area contributed by atoms with Crippen molar-refractivity contribution in [3.05, 3.63) is 64.2 Å². The second-order valence-electron chi connectivity index (χ2n) is 5.64. The zero-order valence-corrected chi connectivity index (χ0v) is 14.5. The summed E-state index contributed by atoms with van der Waals surface area (Å²) in [7, 11) is -4.75. The SMILES string of the molecule is O=C(CCCCc1ccc([N+](=O)[O-])cc1)Nc1ccc(S(=O)(=O)F)cc1. The van der Waals surface area contributed by atoms with Gasteiger partial charge in [0.05, 0.1) is 9.82 Å². The lowest BCUT2D eigenvalue weighted by molar-refractivity contribution is -0.384. The van der Waals surface area contributed by atoms with E-state index < -0.39 is 20.0 Å². The Kier molecular flexibility index (Phi) is 6.40. The van der Waals surface area contributed by atoms with Gasteiger partial charge in [-0.2, -0.15) is 8.42 Å². The Balaban J connectivity index is 1.74. The summed E-state index contributed by atoms with van der Waals surface area (Å²) in [4.78, 5) is 21.5. The molecule has 2 rings (SSSR count). The summed E-state index contributed by atoms with van der Waals surface area (Å²) >= 11 is 0. The van der Waals surface area contributed by atoms with E-state index in [1.807, 2.05) is 0 Å². The number of benzene rings is 2. The van der Waals surface area contributed by atoms with Gasteiger partial charge in [0.15, 0.2) is 0 Å². The van der Waals surface area contributed by atoms with E-state index in [1.165, 1.54) is 24.3 Å². The number of halogens is 1. The standard InChI is InChI=1S/C17H17FN2O5S/c18-26(24,25)16-11-7-14(8-12-16)19-17(21)4-2-1-3-13-5-9-15(10-6-13)20(22)23/h5-12H,1-4H2,(H,19,21). The minimum Gasteiger partial charge on any atom is -0.326 e. The number of non-ortho nitro benzene ring substituents is 1. The Labute approximate surface area is 150 Å². The molecule has 0 heterocycles. The molecule has 1 amide bonds. The van der Waals surface area contributed by atoms with E-state index in [4.69, 9.17) is 0 Å². The first-order valence-electron chi connectivity index (χ1n) is 7.83. The van der Waals surface area contributed by atoms with Crippen molar-refractivity contribution < 1.29 is 22.0 Å². The molecule has 0 radical (unpaired) electrons. The first-order valence-corrected chi connectivity index (χ1v) is 9.22. The number of nitro groups is 1. The Morgan fingerprint density at radius 2 is 1.65 bits per heavy atom. The van der Waals surface area contributed by atoms with Gasteiger partial charge in [-0.15, -0.1) is 3.89 Å². The number of carbonyl (C=O) groups excluding carboxylic acids is 1. The second kappa shape index (κ2) is 8.52. The van der Waals surface area contributed by atoms with Crippen LogP contribution in [0.3, 0.4) is 0 Å². The Morgan fingerprint density at radius 3 is 2.19 bits per heavy atom. The van der Waals surface area contributed by atoms with E-state index >= 15 is 0 Å². The van der Waals surface area contributed by atoms with Gasteiger partial charge in [0, 0.05) is 24.2 Å². The van der Waals surface area contributed by atoms with E-state index in [-0.39, 0.29) is 18.0 Å². The van der Waals surface area contributed by atoms with Gasteiger partial charge in [-0.25, -0.2) is 0 Å². The largest absolute Gasteiger partial charge is 0.332 e. The lowest BCUT2D eigenvalue weighted by Crippen LogP contribution is -2.11. The van der Waals surface area contributed by atoms with Crippen LogP contribution in [0.25, 0.3) is 0 Å². The molecule has 0 saturated heterocycles. The van der Waals surface area contributed by atoms with Crippen LogP contribution in [0, 0.1) is 10.1 Å². The molecule has 2 aromatic rings. The van der Waals surface area contributed by atoms with Gasteiger partial charge < -0.3 is 5.32 Å².